The van der Waals surface area contributed by atoms with Gasteiger partial charge in [0.15, 0.2) is 5.82 Å². The van der Waals surface area contributed by atoms with Crippen molar-refractivity contribution in [3.05, 3.63) is 23.3 Å². The summed E-state index contributed by atoms with van der Waals surface area (Å²) in [7, 11) is -0.889. The SMILES string of the molecule is CSc1c(F)cnc(CO[Si](C)C(C)(C)C)c1C. The predicted octanol–water partition coefficient (Wildman–Crippen LogP) is 4.19. The molecule has 0 aliphatic heterocycles. The Kier molecular flexibility index (Phi) is 5.37. The Labute approximate surface area is 115 Å². The van der Waals surface area contributed by atoms with Crippen LogP contribution in [0.25, 0.3) is 0 Å². The average Bonchev–Trinajstić information content (AvgIpc) is 2.27. The molecule has 1 rings (SSSR count). The molecular weight excluding hydrogens is 265 g/mol. The summed E-state index contributed by atoms with van der Waals surface area (Å²) in [5.74, 6) is -0.249. The summed E-state index contributed by atoms with van der Waals surface area (Å²) in [5, 5.41) is 0.195. The van der Waals surface area contributed by atoms with E-state index in [1.165, 1.54) is 18.0 Å². The second kappa shape index (κ2) is 6.17. The molecule has 0 saturated carbocycles. The molecule has 0 bridgehead atoms. The minimum Gasteiger partial charge on any atom is -0.410 e. The minimum atomic E-state index is -0.889. The van der Waals surface area contributed by atoms with Crippen LogP contribution in [-0.4, -0.2) is 20.3 Å². The zero-order valence-electron chi connectivity index (χ0n) is 11.9. The van der Waals surface area contributed by atoms with Crippen LogP contribution in [-0.2, 0) is 11.0 Å². The fourth-order valence-electron chi connectivity index (χ4n) is 1.39. The maximum Gasteiger partial charge on any atom is 0.214 e. The van der Waals surface area contributed by atoms with E-state index in [4.69, 9.17) is 4.43 Å². The number of thioether (sulfide) groups is 1. The van der Waals surface area contributed by atoms with Crippen LogP contribution in [0, 0.1) is 12.7 Å². The molecule has 2 nitrogen and oxygen atoms in total. The molecule has 101 valence electrons. The molecule has 0 aromatic carbocycles. The molecule has 1 aromatic heterocycles. The van der Waals surface area contributed by atoms with Gasteiger partial charge in [0.2, 0.25) is 9.04 Å². The number of aromatic nitrogens is 1. The Morgan fingerprint density at radius 2 is 2.06 bits per heavy atom. The monoisotopic (exact) mass is 286 g/mol. The highest BCUT2D eigenvalue weighted by atomic mass is 32.2. The molecule has 1 radical (unpaired) electrons. The molecule has 0 fully saturated rings. The van der Waals surface area contributed by atoms with Crippen molar-refractivity contribution in [1.82, 2.24) is 4.98 Å². The van der Waals surface area contributed by atoms with Gasteiger partial charge in [-0.25, -0.2) is 4.39 Å². The fourth-order valence-corrected chi connectivity index (χ4v) is 2.85. The molecule has 5 heteroatoms. The van der Waals surface area contributed by atoms with Crippen molar-refractivity contribution < 1.29 is 8.82 Å². The zero-order chi connectivity index (χ0) is 13.9. The van der Waals surface area contributed by atoms with Gasteiger partial charge >= 0.3 is 0 Å². The van der Waals surface area contributed by atoms with Gasteiger partial charge < -0.3 is 4.43 Å². The second-order valence-electron chi connectivity index (χ2n) is 5.31. The number of hydrogen-bond donors (Lipinski definition) is 0. The summed E-state index contributed by atoms with van der Waals surface area (Å²) in [5.41, 5.74) is 1.74. The van der Waals surface area contributed by atoms with E-state index in [0.717, 1.165) is 11.3 Å². The van der Waals surface area contributed by atoms with Gasteiger partial charge in [-0.1, -0.05) is 20.8 Å². The standard InChI is InChI=1S/C13H21FNOSSi/c1-9-11(8-16-18(6)13(2,3)4)15-7-10(14)12(9)17-5/h7H,8H2,1-6H3. The van der Waals surface area contributed by atoms with Crippen LogP contribution in [0.5, 0.6) is 0 Å². The highest BCUT2D eigenvalue weighted by Crippen LogP contribution is 2.29. The molecular formula is C13H21FNOSSi. The number of pyridine rings is 1. The lowest BCUT2D eigenvalue weighted by atomic mass is 10.2. The third-order valence-corrected chi connectivity index (χ3v) is 6.61. The van der Waals surface area contributed by atoms with Crippen LogP contribution in [0.1, 0.15) is 32.0 Å². The number of rotatable bonds is 4. The van der Waals surface area contributed by atoms with Crippen molar-refractivity contribution >= 4 is 20.8 Å². The Morgan fingerprint density at radius 3 is 2.56 bits per heavy atom. The van der Waals surface area contributed by atoms with Gasteiger partial charge in [0, 0.05) is 4.90 Å². The van der Waals surface area contributed by atoms with E-state index in [-0.39, 0.29) is 10.9 Å². The smallest absolute Gasteiger partial charge is 0.214 e. The molecule has 1 aromatic rings. The first-order valence-corrected chi connectivity index (χ1v) is 9.05. The van der Waals surface area contributed by atoms with Crippen LogP contribution < -0.4 is 0 Å². The average molecular weight is 286 g/mol. The quantitative estimate of drug-likeness (QED) is 0.612. The summed E-state index contributed by atoms with van der Waals surface area (Å²) in [6.45, 7) is 11.1. The van der Waals surface area contributed by atoms with Gasteiger partial charge in [0.25, 0.3) is 0 Å². The van der Waals surface area contributed by atoms with Crippen LogP contribution in [0.3, 0.4) is 0 Å². The Morgan fingerprint density at radius 1 is 1.44 bits per heavy atom. The Balaban J connectivity index is 2.81. The van der Waals surface area contributed by atoms with Crippen LogP contribution in [0.4, 0.5) is 4.39 Å². The normalized spacial score (nSPS) is 12.2. The first kappa shape index (κ1) is 15.7. The van der Waals surface area contributed by atoms with Crippen molar-refractivity contribution in [3.8, 4) is 0 Å². The number of halogens is 1. The predicted molar refractivity (Wildman–Crippen MR) is 76.8 cm³/mol. The van der Waals surface area contributed by atoms with Crippen LogP contribution in [0.2, 0.25) is 11.6 Å². The van der Waals surface area contributed by atoms with E-state index in [0.29, 0.717) is 11.5 Å². The van der Waals surface area contributed by atoms with Gasteiger partial charge in [-0.3, -0.25) is 4.98 Å². The zero-order valence-corrected chi connectivity index (χ0v) is 13.7. The topological polar surface area (TPSA) is 22.1 Å². The van der Waals surface area contributed by atoms with Gasteiger partial charge in [0.1, 0.15) is 0 Å². The summed E-state index contributed by atoms with van der Waals surface area (Å²) >= 11 is 1.41. The molecule has 0 aliphatic carbocycles. The number of nitrogens with zero attached hydrogens (tertiary/aromatic N) is 1. The van der Waals surface area contributed by atoms with Crippen molar-refractivity contribution in [2.24, 2.45) is 0 Å². The van der Waals surface area contributed by atoms with Gasteiger partial charge in [-0.15, -0.1) is 11.8 Å². The van der Waals surface area contributed by atoms with Crippen LogP contribution in [0.15, 0.2) is 11.1 Å². The third kappa shape index (κ3) is 3.80. The van der Waals surface area contributed by atoms with E-state index in [1.807, 2.05) is 13.2 Å². The molecule has 0 spiro atoms. The van der Waals surface area contributed by atoms with E-state index >= 15 is 0 Å². The van der Waals surface area contributed by atoms with Crippen molar-refractivity contribution in [1.29, 1.82) is 0 Å². The molecule has 0 N–H and O–H groups in total. The third-order valence-electron chi connectivity index (χ3n) is 3.01. The van der Waals surface area contributed by atoms with Gasteiger partial charge in [0.05, 0.1) is 18.5 Å². The second-order valence-corrected chi connectivity index (χ2v) is 9.02. The molecule has 0 aliphatic rings. The van der Waals surface area contributed by atoms with E-state index in [1.54, 1.807) is 0 Å². The first-order valence-electron chi connectivity index (χ1n) is 5.92. The first-order chi connectivity index (χ1) is 8.27. The molecule has 0 amide bonds. The lowest BCUT2D eigenvalue weighted by Gasteiger charge is -2.25. The maximum atomic E-state index is 13.5. The molecule has 0 saturated heterocycles. The summed E-state index contributed by atoms with van der Waals surface area (Å²) < 4.78 is 19.4. The lowest BCUT2D eigenvalue weighted by molar-refractivity contribution is 0.288. The molecule has 1 heterocycles. The highest BCUT2D eigenvalue weighted by molar-refractivity contribution is 7.98. The summed E-state index contributed by atoms with van der Waals surface area (Å²) in [6.07, 6.45) is 3.16. The molecule has 0 unspecified atom stereocenters. The Hall–Kier alpha value is -0.393. The highest BCUT2D eigenvalue weighted by Gasteiger charge is 2.24. The van der Waals surface area contributed by atoms with Crippen molar-refractivity contribution in [3.63, 3.8) is 0 Å². The summed E-state index contributed by atoms with van der Waals surface area (Å²) in [4.78, 5) is 4.81. The lowest BCUT2D eigenvalue weighted by Crippen LogP contribution is -2.25. The molecule has 0 atom stereocenters. The minimum absolute atomic E-state index is 0.195. The van der Waals surface area contributed by atoms with Gasteiger partial charge in [-0.05, 0) is 30.3 Å². The van der Waals surface area contributed by atoms with Crippen LogP contribution >= 0.6 is 11.8 Å². The van der Waals surface area contributed by atoms with Crippen molar-refractivity contribution in [2.75, 3.05) is 6.26 Å². The van der Waals surface area contributed by atoms with Gasteiger partial charge in [-0.2, -0.15) is 0 Å². The largest absolute Gasteiger partial charge is 0.410 e. The molecule has 18 heavy (non-hydrogen) atoms. The Bertz CT molecular complexity index is 420. The van der Waals surface area contributed by atoms with E-state index < -0.39 is 9.04 Å². The number of hydrogen-bond acceptors (Lipinski definition) is 3. The van der Waals surface area contributed by atoms with E-state index in [2.05, 4.69) is 32.3 Å². The van der Waals surface area contributed by atoms with E-state index in [9.17, 15) is 4.39 Å². The maximum absolute atomic E-state index is 13.5. The fraction of sp³-hybridized carbons (Fsp3) is 0.615. The summed E-state index contributed by atoms with van der Waals surface area (Å²) in [6, 6.07) is 0. The van der Waals surface area contributed by atoms with Crippen molar-refractivity contribution in [2.45, 2.75) is 50.8 Å².